The summed E-state index contributed by atoms with van der Waals surface area (Å²) in [6.07, 6.45) is 4.21. The molecule has 2 aromatic carbocycles. The molecule has 0 unspecified atom stereocenters. The number of nitrogens with zero attached hydrogens (tertiary/aromatic N) is 2. The Hall–Kier alpha value is -2.67. The molecule has 31 heavy (non-hydrogen) atoms. The lowest BCUT2D eigenvalue weighted by Crippen LogP contribution is -2.43. The number of aryl methyl sites for hydroxylation is 2. The lowest BCUT2D eigenvalue weighted by atomic mass is 9.90. The van der Waals surface area contributed by atoms with Gasteiger partial charge in [-0.1, -0.05) is 42.0 Å². The van der Waals surface area contributed by atoms with Gasteiger partial charge in [0.1, 0.15) is 11.9 Å². The zero-order valence-corrected chi connectivity index (χ0v) is 18.9. The smallest absolute Gasteiger partial charge is 0.263 e. The summed E-state index contributed by atoms with van der Waals surface area (Å²) in [6.45, 7) is 5.29. The van der Waals surface area contributed by atoms with Crippen LogP contribution in [0.4, 0.5) is 0 Å². The number of hydrogen-bond acceptors (Lipinski definition) is 4. The van der Waals surface area contributed by atoms with Crippen LogP contribution in [0.5, 0.6) is 0 Å². The van der Waals surface area contributed by atoms with Gasteiger partial charge in [-0.3, -0.25) is 14.5 Å². The van der Waals surface area contributed by atoms with E-state index >= 15 is 0 Å². The average molecular weight is 440 g/mol. The van der Waals surface area contributed by atoms with Gasteiger partial charge in [-0.15, -0.1) is 0 Å². The first-order valence-corrected chi connectivity index (χ1v) is 12.4. The lowest BCUT2D eigenvalue weighted by Gasteiger charge is -2.33. The van der Waals surface area contributed by atoms with Crippen LogP contribution < -0.4 is 4.72 Å². The van der Waals surface area contributed by atoms with E-state index in [-0.39, 0.29) is 16.6 Å². The van der Waals surface area contributed by atoms with Crippen LogP contribution >= 0.6 is 0 Å². The molecule has 0 bridgehead atoms. The Kier molecular flexibility index (Phi) is 6.14. The van der Waals surface area contributed by atoms with Crippen LogP contribution in [0.1, 0.15) is 42.9 Å². The van der Waals surface area contributed by atoms with Crippen molar-refractivity contribution in [2.24, 2.45) is 10.9 Å². The minimum Gasteiger partial charge on any atom is -0.341 e. The van der Waals surface area contributed by atoms with Crippen molar-refractivity contribution in [2.75, 3.05) is 13.1 Å². The summed E-state index contributed by atoms with van der Waals surface area (Å²) in [5.74, 6) is 0.831. The zero-order chi connectivity index (χ0) is 22.0. The van der Waals surface area contributed by atoms with Gasteiger partial charge in [-0.05, 0) is 63.1 Å². The SMILES string of the molecule is Cc1ccc(CCC2CCN(C(=O)[C@H](C)N=C3NS(=O)(=O)c4ccccc43)CC2)cc1. The van der Waals surface area contributed by atoms with Gasteiger partial charge in [0.05, 0.1) is 4.90 Å². The first kappa shape index (κ1) is 21.6. The van der Waals surface area contributed by atoms with E-state index in [1.807, 2.05) is 4.90 Å². The van der Waals surface area contributed by atoms with Crippen LogP contribution in [-0.4, -0.2) is 44.2 Å². The standard InChI is InChI=1S/C24H29N3O3S/c1-17-7-9-19(10-8-17)11-12-20-13-15-27(16-14-20)24(28)18(2)25-23-21-5-3-4-6-22(21)31(29,30)26-23/h3-10,18,20H,11-16H2,1-2H3,(H,25,26)/t18-/m0/s1. The fourth-order valence-corrected chi connectivity index (χ4v) is 5.55. The third kappa shape index (κ3) is 4.82. The maximum absolute atomic E-state index is 12.9. The first-order chi connectivity index (χ1) is 14.8. The largest absolute Gasteiger partial charge is 0.341 e. The predicted molar refractivity (Wildman–Crippen MR) is 122 cm³/mol. The summed E-state index contributed by atoms with van der Waals surface area (Å²) in [7, 11) is -3.60. The number of nitrogens with one attached hydrogen (secondary N) is 1. The number of sulfonamides is 1. The van der Waals surface area contributed by atoms with Gasteiger partial charge >= 0.3 is 0 Å². The number of likely N-dealkylation sites (tertiary alicyclic amines) is 1. The van der Waals surface area contributed by atoms with Crippen molar-refractivity contribution in [1.29, 1.82) is 0 Å². The molecule has 2 aliphatic rings. The molecule has 2 aliphatic heterocycles. The molecule has 1 atom stereocenters. The molecule has 2 aromatic rings. The number of carbonyl (C=O) groups is 1. The van der Waals surface area contributed by atoms with E-state index in [2.05, 4.69) is 40.9 Å². The van der Waals surface area contributed by atoms with Gasteiger partial charge < -0.3 is 4.90 Å². The van der Waals surface area contributed by atoms with Gasteiger partial charge in [0.2, 0.25) is 5.91 Å². The molecule has 1 fully saturated rings. The van der Waals surface area contributed by atoms with Crippen molar-refractivity contribution >= 4 is 21.8 Å². The zero-order valence-electron chi connectivity index (χ0n) is 18.0. The molecular weight excluding hydrogens is 410 g/mol. The van der Waals surface area contributed by atoms with Crippen LogP contribution in [0.3, 0.4) is 0 Å². The highest BCUT2D eigenvalue weighted by Gasteiger charge is 2.32. The van der Waals surface area contributed by atoms with E-state index in [4.69, 9.17) is 0 Å². The Balaban J connectivity index is 1.32. The summed E-state index contributed by atoms with van der Waals surface area (Å²) in [4.78, 5) is 19.4. The lowest BCUT2D eigenvalue weighted by molar-refractivity contribution is -0.133. The molecule has 2 heterocycles. The van der Waals surface area contributed by atoms with Crippen molar-refractivity contribution in [3.8, 4) is 0 Å². The molecule has 1 saturated heterocycles. The molecule has 0 saturated carbocycles. The monoisotopic (exact) mass is 439 g/mol. The van der Waals surface area contributed by atoms with E-state index in [9.17, 15) is 13.2 Å². The predicted octanol–water partition coefficient (Wildman–Crippen LogP) is 3.29. The van der Waals surface area contributed by atoms with Crippen LogP contribution in [0.15, 0.2) is 58.4 Å². The van der Waals surface area contributed by atoms with Crippen LogP contribution in [0.2, 0.25) is 0 Å². The molecule has 1 amide bonds. The number of rotatable bonds is 5. The Labute approximate surface area is 184 Å². The third-order valence-electron chi connectivity index (χ3n) is 6.23. The van der Waals surface area contributed by atoms with Crippen LogP contribution in [0, 0.1) is 12.8 Å². The fourth-order valence-electron chi connectivity index (χ4n) is 4.31. The van der Waals surface area contributed by atoms with Gasteiger partial charge in [0.25, 0.3) is 10.0 Å². The van der Waals surface area contributed by atoms with Gasteiger partial charge in [0, 0.05) is 18.7 Å². The van der Waals surface area contributed by atoms with E-state index in [0.717, 1.165) is 38.8 Å². The molecule has 7 heteroatoms. The maximum atomic E-state index is 12.9. The fraction of sp³-hybridized carbons (Fsp3) is 0.417. The second-order valence-electron chi connectivity index (χ2n) is 8.55. The number of fused-ring (bicyclic) bond motifs is 1. The molecule has 0 aromatic heterocycles. The molecule has 1 N–H and O–H groups in total. The highest BCUT2D eigenvalue weighted by Crippen LogP contribution is 2.25. The Morgan fingerprint density at radius 2 is 1.81 bits per heavy atom. The molecule has 0 spiro atoms. The summed E-state index contributed by atoms with van der Waals surface area (Å²) < 4.78 is 27.0. The number of amidine groups is 1. The van der Waals surface area contributed by atoms with E-state index in [1.165, 1.54) is 11.1 Å². The number of carbonyl (C=O) groups excluding carboxylic acids is 1. The summed E-state index contributed by atoms with van der Waals surface area (Å²) in [5.41, 5.74) is 3.17. The van der Waals surface area contributed by atoms with Crippen LogP contribution in [-0.2, 0) is 21.2 Å². The van der Waals surface area contributed by atoms with Gasteiger partial charge in [0.15, 0.2) is 0 Å². The minimum atomic E-state index is -3.60. The van der Waals surface area contributed by atoms with Crippen molar-refractivity contribution in [3.63, 3.8) is 0 Å². The average Bonchev–Trinajstić information content (AvgIpc) is 3.03. The second kappa shape index (κ2) is 8.83. The number of amides is 1. The highest BCUT2D eigenvalue weighted by atomic mass is 32.2. The maximum Gasteiger partial charge on any atom is 0.263 e. The molecule has 0 radical (unpaired) electrons. The normalized spacial score (nSPS) is 20.3. The van der Waals surface area contributed by atoms with Crippen LogP contribution in [0.25, 0.3) is 0 Å². The molecular formula is C24H29N3O3S. The number of benzene rings is 2. The quantitative estimate of drug-likeness (QED) is 0.776. The minimum absolute atomic E-state index is 0.0481. The first-order valence-electron chi connectivity index (χ1n) is 10.9. The van der Waals surface area contributed by atoms with Crippen molar-refractivity contribution in [3.05, 3.63) is 65.2 Å². The third-order valence-corrected chi connectivity index (χ3v) is 7.63. The second-order valence-corrected chi connectivity index (χ2v) is 10.2. The number of piperidine rings is 1. The van der Waals surface area contributed by atoms with E-state index in [1.54, 1.807) is 31.2 Å². The van der Waals surface area contributed by atoms with E-state index in [0.29, 0.717) is 11.5 Å². The molecule has 4 rings (SSSR count). The van der Waals surface area contributed by atoms with E-state index < -0.39 is 16.1 Å². The summed E-state index contributed by atoms with van der Waals surface area (Å²) >= 11 is 0. The Bertz CT molecular complexity index is 1090. The number of aliphatic imine (C=N–C) groups is 1. The van der Waals surface area contributed by atoms with Crippen molar-refractivity contribution in [1.82, 2.24) is 9.62 Å². The summed E-state index contributed by atoms with van der Waals surface area (Å²) in [5, 5.41) is 0. The highest BCUT2D eigenvalue weighted by molar-refractivity contribution is 7.90. The van der Waals surface area contributed by atoms with Crippen molar-refractivity contribution in [2.45, 2.75) is 50.5 Å². The Morgan fingerprint density at radius 1 is 1.13 bits per heavy atom. The Morgan fingerprint density at radius 3 is 2.52 bits per heavy atom. The van der Waals surface area contributed by atoms with Gasteiger partial charge in [-0.2, -0.15) is 0 Å². The molecule has 164 valence electrons. The number of hydrogen-bond donors (Lipinski definition) is 1. The van der Waals surface area contributed by atoms with Crippen molar-refractivity contribution < 1.29 is 13.2 Å². The summed E-state index contributed by atoms with van der Waals surface area (Å²) in [6, 6.07) is 14.8. The molecule has 0 aliphatic carbocycles. The van der Waals surface area contributed by atoms with Gasteiger partial charge in [-0.25, -0.2) is 8.42 Å². The topological polar surface area (TPSA) is 78.8 Å². The molecule has 6 nitrogen and oxygen atoms in total.